The summed E-state index contributed by atoms with van der Waals surface area (Å²) in [5, 5.41) is 4.64. The van der Waals surface area contributed by atoms with Gasteiger partial charge in [0.15, 0.2) is 0 Å². The van der Waals surface area contributed by atoms with E-state index in [9.17, 15) is 4.79 Å². The summed E-state index contributed by atoms with van der Waals surface area (Å²) in [5.41, 5.74) is 5.40. The lowest BCUT2D eigenvalue weighted by atomic mass is 10.1. The number of ether oxygens (including phenoxy) is 1. The van der Waals surface area contributed by atoms with Crippen molar-refractivity contribution in [2.24, 2.45) is 0 Å². The molecule has 160 valence electrons. The van der Waals surface area contributed by atoms with Crippen molar-refractivity contribution in [3.05, 3.63) is 88.4 Å². The van der Waals surface area contributed by atoms with Crippen LogP contribution in [-0.2, 0) is 6.42 Å². The molecule has 32 heavy (non-hydrogen) atoms. The SMILES string of the molecule is COc1ccc2cc3c(nc2c1)N(c1ccc(C(=O)Nc2cc(Cl)ccc2C)cc1)CC3. The number of hydrogen-bond acceptors (Lipinski definition) is 4. The van der Waals surface area contributed by atoms with Gasteiger partial charge in [0, 0.05) is 40.0 Å². The van der Waals surface area contributed by atoms with Gasteiger partial charge in [-0.15, -0.1) is 0 Å². The maximum Gasteiger partial charge on any atom is 0.255 e. The van der Waals surface area contributed by atoms with Gasteiger partial charge in [-0.05, 0) is 79.1 Å². The number of nitrogens with zero attached hydrogens (tertiary/aromatic N) is 2. The van der Waals surface area contributed by atoms with Crippen LogP contribution in [0, 0.1) is 6.92 Å². The number of aromatic nitrogens is 1. The third kappa shape index (κ3) is 3.76. The standard InChI is InChI=1S/C26H22ClN3O2/c1-16-3-7-20(27)14-23(16)29-26(31)17-4-8-21(9-5-17)30-12-11-19-13-18-6-10-22(32-2)15-24(18)28-25(19)30/h3-10,13-15H,11-12H2,1-2H3,(H,29,31). The van der Waals surface area contributed by atoms with Gasteiger partial charge in [0.1, 0.15) is 11.6 Å². The van der Waals surface area contributed by atoms with Crippen molar-refractivity contribution in [2.45, 2.75) is 13.3 Å². The molecule has 5 nitrogen and oxygen atoms in total. The first kappa shape index (κ1) is 20.3. The fourth-order valence-electron chi connectivity index (χ4n) is 4.03. The van der Waals surface area contributed by atoms with Crippen LogP contribution in [0.15, 0.2) is 66.7 Å². The summed E-state index contributed by atoms with van der Waals surface area (Å²) >= 11 is 6.06. The molecule has 2 heterocycles. The monoisotopic (exact) mass is 443 g/mol. The predicted molar refractivity (Wildman–Crippen MR) is 130 cm³/mol. The van der Waals surface area contributed by atoms with Crippen LogP contribution >= 0.6 is 11.6 Å². The Morgan fingerprint density at radius 1 is 1.06 bits per heavy atom. The van der Waals surface area contributed by atoms with E-state index in [1.54, 1.807) is 13.2 Å². The highest BCUT2D eigenvalue weighted by Crippen LogP contribution is 2.35. The van der Waals surface area contributed by atoms with Gasteiger partial charge < -0.3 is 15.0 Å². The number of anilines is 3. The van der Waals surface area contributed by atoms with E-state index in [1.165, 1.54) is 5.56 Å². The number of hydrogen-bond donors (Lipinski definition) is 1. The van der Waals surface area contributed by atoms with E-state index in [2.05, 4.69) is 16.3 Å². The molecule has 0 fully saturated rings. The topological polar surface area (TPSA) is 54.5 Å². The Kier molecular flexibility index (Phi) is 5.19. The highest BCUT2D eigenvalue weighted by molar-refractivity contribution is 6.31. The molecule has 6 heteroatoms. The van der Waals surface area contributed by atoms with Gasteiger partial charge in [-0.25, -0.2) is 4.98 Å². The Labute approximate surface area is 191 Å². The zero-order valence-electron chi connectivity index (χ0n) is 17.9. The lowest BCUT2D eigenvalue weighted by molar-refractivity contribution is 0.102. The molecule has 4 aromatic rings. The van der Waals surface area contributed by atoms with E-state index in [0.717, 1.165) is 46.7 Å². The maximum atomic E-state index is 12.7. The van der Waals surface area contributed by atoms with E-state index in [0.29, 0.717) is 16.3 Å². The summed E-state index contributed by atoms with van der Waals surface area (Å²) in [6, 6.07) is 21.2. The fourth-order valence-corrected chi connectivity index (χ4v) is 4.20. The van der Waals surface area contributed by atoms with Crippen LogP contribution in [0.2, 0.25) is 5.02 Å². The van der Waals surface area contributed by atoms with Gasteiger partial charge in [0.25, 0.3) is 5.91 Å². The Morgan fingerprint density at radius 3 is 2.66 bits per heavy atom. The number of rotatable bonds is 4. The molecule has 1 aliphatic heterocycles. The van der Waals surface area contributed by atoms with Gasteiger partial charge in [-0.3, -0.25) is 4.79 Å². The highest BCUT2D eigenvalue weighted by atomic mass is 35.5. The summed E-state index contributed by atoms with van der Waals surface area (Å²) in [5.74, 6) is 1.58. The number of benzene rings is 3. The average Bonchev–Trinajstić information content (AvgIpc) is 3.22. The van der Waals surface area contributed by atoms with Gasteiger partial charge in [-0.2, -0.15) is 0 Å². The van der Waals surface area contributed by atoms with Crippen LogP contribution in [-0.4, -0.2) is 24.5 Å². The smallest absolute Gasteiger partial charge is 0.255 e. The molecule has 0 bridgehead atoms. The third-order valence-electron chi connectivity index (χ3n) is 5.83. The lowest BCUT2D eigenvalue weighted by Gasteiger charge is -2.19. The molecule has 1 N–H and O–H groups in total. The second-order valence-corrected chi connectivity index (χ2v) is 8.33. The number of nitrogens with one attached hydrogen (secondary N) is 1. The van der Waals surface area contributed by atoms with Crippen molar-refractivity contribution in [3.63, 3.8) is 0 Å². The number of halogens is 1. The maximum absolute atomic E-state index is 12.7. The number of amides is 1. The van der Waals surface area contributed by atoms with E-state index < -0.39 is 0 Å². The van der Waals surface area contributed by atoms with E-state index in [1.807, 2.05) is 61.5 Å². The largest absolute Gasteiger partial charge is 0.497 e. The number of aryl methyl sites for hydroxylation is 1. The Morgan fingerprint density at radius 2 is 1.88 bits per heavy atom. The van der Waals surface area contributed by atoms with Crippen LogP contribution < -0.4 is 15.0 Å². The quantitative estimate of drug-likeness (QED) is 0.411. The minimum atomic E-state index is -0.167. The van der Waals surface area contributed by atoms with Crippen LogP contribution in [0.5, 0.6) is 5.75 Å². The van der Waals surface area contributed by atoms with Crippen LogP contribution in [0.1, 0.15) is 21.5 Å². The van der Waals surface area contributed by atoms with Gasteiger partial charge in [-0.1, -0.05) is 17.7 Å². The minimum Gasteiger partial charge on any atom is -0.497 e. The third-order valence-corrected chi connectivity index (χ3v) is 6.07. The van der Waals surface area contributed by atoms with Gasteiger partial charge >= 0.3 is 0 Å². The van der Waals surface area contributed by atoms with Crippen molar-refractivity contribution in [1.29, 1.82) is 0 Å². The number of carbonyl (C=O) groups excluding carboxylic acids is 1. The zero-order chi connectivity index (χ0) is 22.2. The Bertz CT molecular complexity index is 1340. The molecule has 0 radical (unpaired) electrons. The zero-order valence-corrected chi connectivity index (χ0v) is 18.6. The number of methoxy groups -OCH3 is 1. The molecule has 0 atom stereocenters. The molecule has 0 saturated heterocycles. The molecule has 1 aromatic heterocycles. The molecule has 0 saturated carbocycles. The summed E-state index contributed by atoms with van der Waals surface area (Å²) in [7, 11) is 1.66. The molecular formula is C26H22ClN3O2. The Hall–Kier alpha value is -3.57. The van der Waals surface area contributed by atoms with Crippen molar-refractivity contribution in [2.75, 3.05) is 23.9 Å². The van der Waals surface area contributed by atoms with Crippen molar-refractivity contribution in [1.82, 2.24) is 4.98 Å². The predicted octanol–water partition coefficient (Wildman–Crippen LogP) is 6.15. The number of carbonyl (C=O) groups is 1. The van der Waals surface area contributed by atoms with Crippen molar-refractivity contribution >= 4 is 45.6 Å². The minimum absolute atomic E-state index is 0.167. The first-order valence-corrected chi connectivity index (χ1v) is 10.8. The highest BCUT2D eigenvalue weighted by Gasteiger charge is 2.23. The average molecular weight is 444 g/mol. The van der Waals surface area contributed by atoms with Crippen LogP contribution in [0.3, 0.4) is 0 Å². The molecule has 0 aliphatic carbocycles. The summed E-state index contributed by atoms with van der Waals surface area (Å²) < 4.78 is 5.35. The number of pyridine rings is 1. The summed E-state index contributed by atoms with van der Waals surface area (Å²) in [6.45, 7) is 2.79. The van der Waals surface area contributed by atoms with Crippen LogP contribution in [0.25, 0.3) is 10.9 Å². The van der Waals surface area contributed by atoms with Gasteiger partial charge in [0.2, 0.25) is 0 Å². The first-order valence-electron chi connectivity index (χ1n) is 10.4. The van der Waals surface area contributed by atoms with E-state index >= 15 is 0 Å². The second-order valence-electron chi connectivity index (χ2n) is 7.89. The summed E-state index contributed by atoms with van der Waals surface area (Å²) in [4.78, 5) is 19.8. The van der Waals surface area contributed by atoms with Crippen molar-refractivity contribution in [3.8, 4) is 5.75 Å². The van der Waals surface area contributed by atoms with Crippen molar-refractivity contribution < 1.29 is 9.53 Å². The Balaban J connectivity index is 1.40. The second kappa shape index (κ2) is 8.17. The molecule has 1 amide bonds. The molecular weight excluding hydrogens is 422 g/mol. The van der Waals surface area contributed by atoms with Crippen LogP contribution in [0.4, 0.5) is 17.2 Å². The molecule has 3 aromatic carbocycles. The normalized spacial score (nSPS) is 12.7. The first-order chi connectivity index (χ1) is 15.5. The van der Waals surface area contributed by atoms with E-state index in [4.69, 9.17) is 21.3 Å². The molecule has 1 aliphatic rings. The lowest BCUT2D eigenvalue weighted by Crippen LogP contribution is -2.16. The summed E-state index contributed by atoms with van der Waals surface area (Å²) in [6.07, 6.45) is 0.931. The number of fused-ring (bicyclic) bond motifs is 2. The van der Waals surface area contributed by atoms with Gasteiger partial charge in [0.05, 0.1) is 12.6 Å². The fraction of sp³-hybridized carbons (Fsp3) is 0.154. The van der Waals surface area contributed by atoms with E-state index in [-0.39, 0.29) is 5.91 Å². The molecule has 5 rings (SSSR count). The molecule has 0 spiro atoms. The molecule has 0 unspecified atom stereocenters.